The highest BCUT2D eigenvalue weighted by Crippen LogP contribution is 2.35. The fourth-order valence-corrected chi connectivity index (χ4v) is 3.08. The minimum atomic E-state index is -0.104. The summed E-state index contributed by atoms with van der Waals surface area (Å²) in [4.78, 5) is 12.8. The van der Waals surface area contributed by atoms with Crippen molar-refractivity contribution in [2.24, 2.45) is 0 Å². The van der Waals surface area contributed by atoms with E-state index in [2.05, 4.69) is 23.6 Å². The van der Waals surface area contributed by atoms with Gasteiger partial charge in [-0.3, -0.25) is 4.79 Å². The molecule has 2 atom stereocenters. The lowest BCUT2D eigenvalue weighted by Gasteiger charge is -2.30. The van der Waals surface area contributed by atoms with Crippen LogP contribution in [0.4, 0.5) is 11.4 Å². The van der Waals surface area contributed by atoms with Crippen molar-refractivity contribution in [2.45, 2.75) is 39.2 Å². The van der Waals surface area contributed by atoms with Crippen LogP contribution in [0.2, 0.25) is 0 Å². The predicted molar refractivity (Wildman–Crippen MR) is 91.4 cm³/mol. The van der Waals surface area contributed by atoms with Crippen molar-refractivity contribution in [3.05, 3.63) is 59.2 Å². The van der Waals surface area contributed by atoms with Crippen molar-refractivity contribution in [2.75, 3.05) is 10.6 Å². The Hall–Kier alpha value is -2.29. The monoisotopic (exact) mass is 294 g/mol. The van der Waals surface area contributed by atoms with Crippen LogP contribution in [0.3, 0.4) is 0 Å². The van der Waals surface area contributed by atoms with E-state index in [-0.39, 0.29) is 11.8 Å². The molecule has 3 heteroatoms. The van der Waals surface area contributed by atoms with Crippen LogP contribution in [0.1, 0.15) is 36.0 Å². The third kappa shape index (κ3) is 2.84. The molecule has 1 aliphatic rings. The molecule has 0 bridgehead atoms. The first-order valence-corrected chi connectivity index (χ1v) is 7.78. The van der Waals surface area contributed by atoms with Gasteiger partial charge in [-0.25, -0.2) is 0 Å². The van der Waals surface area contributed by atoms with Gasteiger partial charge in [-0.2, -0.15) is 0 Å². The summed E-state index contributed by atoms with van der Waals surface area (Å²) >= 11 is 0. The molecule has 22 heavy (non-hydrogen) atoms. The zero-order valence-electron chi connectivity index (χ0n) is 13.3. The molecular formula is C19H22N2O. The smallest absolute Gasteiger partial charge is 0.232 e. The highest BCUT2D eigenvalue weighted by atomic mass is 16.1. The van der Waals surface area contributed by atoms with E-state index in [1.807, 2.05) is 50.2 Å². The maximum Gasteiger partial charge on any atom is 0.232 e. The first-order chi connectivity index (χ1) is 10.5. The van der Waals surface area contributed by atoms with E-state index in [0.29, 0.717) is 6.04 Å². The van der Waals surface area contributed by atoms with Gasteiger partial charge < -0.3 is 10.6 Å². The summed E-state index contributed by atoms with van der Waals surface area (Å²) in [6, 6.07) is 14.5. The highest BCUT2D eigenvalue weighted by Gasteiger charge is 2.29. The Labute approximate surface area is 131 Å². The van der Waals surface area contributed by atoms with Crippen LogP contribution in [-0.4, -0.2) is 11.9 Å². The minimum absolute atomic E-state index is 0.0782. The highest BCUT2D eigenvalue weighted by molar-refractivity contribution is 5.97. The van der Waals surface area contributed by atoms with Gasteiger partial charge in [0.2, 0.25) is 5.91 Å². The molecule has 2 N–H and O–H groups in total. The summed E-state index contributed by atoms with van der Waals surface area (Å²) in [7, 11) is 0. The van der Waals surface area contributed by atoms with E-state index in [1.54, 1.807) is 0 Å². The van der Waals surface area contributed by atoms with E-state index >= 15 is 0 Å². The minimum Gasteiger partial charge on any atom is -0.382 e. The van der Waals surface area contributed by atoms with E-state index < -0.39 is 0 Å². The Balaban J connectivity index is 1.88. The lowest BCUT2D eigenvalue weighted by atomic mass is 9.86. The maximum atomic E-state index is 12.8. The predicted octanol–water partition coefficient (Wildman–Crippen LogP) is 4.23. The van der Waals surface area contributed by atoms with Crippen molar-refractivity contribution < 1.29 is 4.79 Å². The molecule has 3 rings (SSSR count). The number of anilines is 2. The van der Waals surface area contributed by atoms with E-state index in [9.17, 15) is 4.79 Å². The molecule has 2 aromatic carbocycles. The fourth-order valence-electron chi connectivity index (χ4n) is 3.08. The number of para-hydroxylation sites is 1. The van der Waals surface area contributed by atoms with Gasteiger partial charge in [0.1, 0.15) is 0 Å². The van der Waals surface area contributed by atoms with Crippen molar-refractivity contribution >= 4 is 17.3 Å². The summed E-state index contributed by atoms with van der Waals surface area (Å²) in [6.07, 6.45) is 0.813. The van der Waals surface area contributed by atoms with Gasteiger partial charge in [-0.05, 0) is 56.0 Å². The molecule has 0 fully saturated rings. The Kier molecular flexibility index (Phi) is 3.88. The normalized spacial score (nSPS) is 20.0. The van der Waals surface area contributed by atoms with Crippen LogP contribution >= 0.6 is 0 Å². The van der Waals surface area contributed by atoms with Crippen molar-refractivity contribution in [3.8, 4) is 0 Å². The lowest BCUT2D eigenvalue weighted by molar-refractivity contribution is -0.117. The molecule has 0 saturated heterocycles. The number of aryl methyl sites for hydroxylation is 2. The number of hydrogen-bond acceptors (Lipinski definition) is 2. The lowest BCUT2D eigenvalue weighted by Crippen LogP contribution is -2.32. The van der Waals surface area contributed by atoms with Crippen molar-refractivity contribution in [3.63, 3.8) is 0 Å². The zero-order chi connectivity index (χ0) is 15.7. The molecule has 0 aromatic heterocycles. The molecule has 1 aliphatic heterocycles. The second-order valence-electron chi connectivity index (χ2n) is 6.23. The number of amides is 1. The van der Waals surface area contributed by atoms with Crippen LogP contribution < -0.4 is 10.6 Å². The molecule has 3 nitrogen and oxygen atoms in total. The number of carbonyl (C=O) groups is 1. The van der Waals surface area contributed by atoms with E-state index in [4.69, 9.17) is 0 Å². The number of rotatable bonds is 2. The van der Waals surface area contributed by atoms with Gasteiger partial charge in [0.15, 0.2) is 0 Å². The number of fused-ring (bicyclic) bond motifs is 1. The van der Waals surface area contributed by atoms with Gasteiger partial charge in [0.05, 0.1) is 5.92 Å². The summed E-state index contributed by atoms with van der Waals surface area (Å²) in [5.74, 6) is -0.0261. The Morgan fingerprint density at radius 3 is 2.77 bits per heavy atom. The Morgan fingerprint density at radius 2 is 1.95 bits per heavy atom. The van der Waals surface area contributed by atoms with Crippen LogP contribution in [-0.2, 0) is 4.79 Å². The fraction of sp³-hybridized carbons (Fsp3) is 0.316. The van der Waals surface area contributed by atoms with Crippen LogP contribution in [0.5, 0.6) is 0 Å². The second-order valence-corrected chi connectivity index (χ2v) is 6.23. The summed E-state index contributed by atoms with van der Waals surface area (Å²) in [6.45, 7) is 6.18. The molecule has 2 aromatic rings. The van der Waals surface area contributed by atoms with Crippen LogP contribution in [0.25, 0.3) is 0 Å². The quantitative estimate of drug-likeness (QED) is 0.870. The molecule has 0 saturated carbocycles. The molecule has 0 spiro atoms. The van der Waals surface area contributed by atoms with E-state index in [1.165, 1.54) is 0 Å². The number of carbonyl (C=O) groups excluding carboxylic acids is 1. The van der Waals surface area contributed by atoms with Gasteiger partial charge in [-0.1, -0.05) is 30.3 Å². The molecule has 114 valence electrons. The average Bonchev–Trinajstić information content (AvgIpc) is 2.50. The molecule has 0 aliphatic carbocycles. The Morgan fingerprint density at radius 1 is 1.18 bits per heavy atom. The first-order valence-electron chi connectivity index (χ1n) is 7.78. The standard InChI is InChI=1S/C19H22N2O/c1-12-8-9-13(2)18(10-12)21-19(22)16-11-14(3)20-17-7-5-4-6-15(16)17/h4-10,14,16,20H,11H2,1-3H3,(H,21,22). The Bertz CT molecular complexity index is 708. The van der Waals surface area contributed by atoms with Crippen LogP contribution in [0.15, 0.2) is 42.5 Å². The second kappa shape index (κ2) is 5.84. The maximum absolute atomic E-state index is 12.8. The van der Waals surface area contributed by atoms with Gasteiger partial charge in [0, 0.05) is 17.4 Å². The summed E-state index contributed by atoms with van der Waals surface area (Å²) < 4.78 is 0. The van der Waals surface area contributed by atoms with Gasteiger partial charge in [-0.15, -0.1) is 0 Å². The summed E-state index contributed by atoms with van der Waals surface area (Å²) in [5, 5.41) is 6.56. The van der Waals surface area contributed by atoms with Crippen molar-refractivity contribution in [1.82, 2.24) is 0 Å². The van der Waals surface area contributed by atoms with Gasteiger partial charge >= 0.3 is 0 Å². The van der Waals surface area contributed by atoms with E-state index in [0.717, 1.165) is 34.5 Å². The topological polar surface area (TPSA) is 41.1 Å². The van der Waals surface area contributed by atoms with Gasteiger partial charge in [0.25, 0.3) is 0 Å². The number of hydrogen-bond donors (Lipinski definition) is 2. The molecule has 1 amide bonds. The molecule has 0 radical (unpaired) electrons. The van der Waals surface area contributed by atoms with Crippen LogP contribution in [0, 0.1) is 13.8 Å². The SMILES string of the molecule is Cc1ccc(C)c(NC(=O)C2CC(C)Nc3ccccc32)c1. The largest absolute Gasteiger partial charge is 0.382 e. The summed E-state index contributed by atoms with van der Waals surface area (Å²) in [5.41, 5.74) is 5.31. The van der Waals surface area contributed by atoms with Crippen molar-refractivity contribution in [1.29, 1.82) is 0 Å². The average molecular weight is 294 g/mol. The molecular weight excluding hydrogens is 272 g/mol. The molecule has 2 unspecified atom stereocenters. The zero-order valence-corrected chi connectivity index (χ0v) is 13.3. The number of nitrogens with one attached hydrogen (secondary N) is 2. The third-order valence-electron chi connectivity index (χ3n) is 4.29. The number of benzene rings is 2. The third-order valence-corrected chi connectivity index (χ3v) is 4.29. The first kappa shape index (κ1) is 14.6. The molecule has 1 heterocycles.